The Labute approximate surface area is 89.5 Å². The second-order valence-electron chi connectivity index (χ2n) is 1.90. The van der Waals surface area contributed by atoms with Crippen molar-refractivity contribution in [2.75, 3.05) is 0 Å². The second-order valence-corrected chi connectivity index (χ2v) is 13.5. The fourth-order valence-electron chi connectivity index (χ4n) is 0.739. The molecule has 0 bridgehead atoms. The predicted octanol–water partition coefficient (Wildman–Crippen LogP) is -0.133. The normalized spacial score (nSPS) is 28.9. The van der Waals surface area contributed by atoms with Crippen molar-refractivity contribution >= 4 is 63.8 Å². The van der Waals surface area contributed by atoms with Crippen molar-refractivity contribution in [3.05, 3.63) is 26.6 Å². The van der Waals surface area contributed by atoms with Crippen LogP contribution in [0.1, 0.15) is 0 Å². The van der Waals surface area contributed by atoms with E-state index >= 15 is 0 Å². The van der Waals surface area contributed by atoms with Gasteiger partial charge in [-0.1, -0.05) is 0 Å². The van der Waals surface area contributed by atoms with E-state index in [-0.39, 0.29) is 0 Å². The van der Waals surface area contributed by atoms with Crippen molar-refractivity contribution in [2.45, 2.75) is 0 Å². The Hall–Kier alpha value is 1.17. The second kappa shape index (κ2) is 3.92. The van der Waals surface area contributed by atoms with Gasteiger partial charge in [0.15, 0.2) is 0 Å². The Morgan fingerprint density at radius 2 is 1.82 bits per heavy atom. The van der Waals surface area contributed by atoms with Gasteiger partial charge in [-0.05, 0) is 0 Å². The maximum absolute atomic E-state index is 4.25. The van der Waals surface area contributed by atoms with Gasteiger partial charge in [-0.3, -0.25) is 0 Å². The van der Waals surface area contributed by atoms with Crippen LogP contribution in [0.3, 0.4) is 0 Å². The van der Waals surface area contributed by atoms with Gasteiger partial charge >= 0.3 is 90.4 Å². The van der Waals surface area contributed by atoms with Gasteiger partial charge in [0.25, 0.3) is 0 Å². The number of hydrogen-bond donors (Lipinski definition) is 0. The number of rotatable bonds is 0. The van der Waals surface area contributed by atoms with Crippen LogP contribution in [0.4, 0.5) is 0 Å². The first-order valence-electron chi connectivity index (χ1n) is 2.96. The monoisotopic (exact) mass is 410 g/mol. The molecule has 0 aromatic carbocycles. The Morgan fingerprint density at radius 1 is 1.09 bits per heavy atom. The molecule has 0 aliphatic carbocycles. The summed E-state index contributed by atoms with van der Waals surface area (Å²) in [6.45, 7) is 0. The third kappa shape index (κ3) is 1.91. The van der Waals surface area contributed by atoms with Crippen molar-refractivity contribution in [1.82, 2.24) is 0 Å². The van der Waals surface area contributed by atoms with Crippen LogP contribution in [0.15, 0.2) is 26.6 Å². The van der Waals surface area contributed by atoms with Crippen molar-refractivity contribution in [1.29, 1.82) is 0 Å². The molecule has 1 atom stereocenters. The summed E-state index contributed by atoms with van der Waals surface area (Å²) in [6, 6.07) is 0. The molecule has 2 heterocycles. The summed E-state index contributed by atoms with van der Waals surface area (Å²) in [4.78, 5) is 9.51. The molecule has 11 heavy (non-hydrogen) atoms. The molecule has 0 radical (unpaired) electrons. The van der Waals surface area contributed by atoms with Gasteiger partial charge in [0.2, 0.25) is 0 Å². The summed E-state index contributed by atoms with van der Waals surface area (Å²) in [7, 11) is 0. The van der Waals surface area contributed by atoms with Gasteiger partial charge in [-0.2, -0.15) is 0 Å². The summed E-state index contributed by atoms with van der Waals surface area (Å²) in [5.41, 5.74) is 4.25. The standard InChI is InChI=1S/C7H6Se4/c1-11-5-4-10-7(11)6-8-2-3-9-6/h2-5H,1H2. The van der Waals surface area contributed by atoms with E-state index < -0.39 is 13.5 Å². The molecule has 2 aliphatic heterocycles. The first-order valence-corrected chi connectivity index (χ1v) is 11.6. The maximum atomic E-state index is 4.25. The Balaban J connectivity index is 2.27. The van der Waals surface area contributed by atoms with Gasteiger partial charge in [-0.15, -0.1) is 0 Å². The van der Waals surface area contributed by atoms with Crippen LogP contribution in [-0.2, 0) is 0 Å². The molecule has 0 amide bonds. The molecule has 0 saturated carbocycles. The summed E-state index contributed by atoms with van der Waals surface area (Å²) < 4.78 is 3.62. The predicted molar refractivity (Wildman–Crippen MR) is 55.4 cm³/mol. The Bertz CT molecular complexity index is 275. The van der Waals surface area contributed by atoms with Crippen molar-refractivity contribution < 1.29 is 0 Å². The molecular weight excluding hydrogens is 400 g/mol. The fraction of sp³-hybridized carbons (Fsp3) is 0. The molecular formula is C7H6Se4. The van der Waals surface area contributed by atoms with E-state index in [1.54, 1.807) is 0 Å². The summed E-state index contributed by atoms with van der Waals surface area (Å²) >= 11 is 1.53. The molecule has 0 nitrogen and oxygen atoms in total. The van der Waals surface area contributed by atoms with Crippen molar-refractivity contribution in [3.8, 4) is 0 Å². The molecule has 0 N–H and O–H groups in total. The molecule has 0 saturated heterocycles. The van der Waals surface area contributed by atoms with Crippen molar-refractivity contribution in [2.24, 2.45) is 0 Å². The zero-order chi connectivity index (χ0) is 7.68. The van der Waals surface area contributed by atoms with Crippen LogP contribution in [0.25, 0.3) is 0 Å². The van der Waals surface area contributed by atoms with E-state index in [2.05, 4.69) is 25.3 Å². The molecule has 2 rings (SSSR count). The van der Waals surface area contributed by atoms with Crippen LogP contribution < -0.4 is 0 Å². The molecule has 2 aliphatic rings. The quantitative estimate of drug-likeness (QED) is 0.492. The Morgan fingerprint density at radius 3 is 2.36 bits per heavy atom. The van der Waals surface area contributed by atoms with Gasteiger partial charge in [-0.25, -0.2) is 0 Å². The molecule has 0 spiro atoms. The summed E-state index contributed by atoms with van der Waals surface area (Å²) in [5.74, 6) is 0. The van der Waals surface area contributed by atoms with Crippen LogP contribution >= 0.6 is 0 Å². The van der Waals surface area contributed by atoms with E-state index in [0.717, 1.165) is 29.9 Å². The SMILES string of the molecule is C=[Se]1C=C[Se]C1=C1[Se]C=C[Se]1. The van der Waals surface area contributed by atoms with Gasteiger partial charge < -0.3 is 0 Å². The van der Waals surface area contributed by atoms with Crippen LogP contribution in [0.5, 0.6) is 0 Å². The van der Waals surface area contributed by atoms with Crippen molar-refractivity contribution in [3.63, 3.8) is 0 Å². The molecule has 0 aromatic heterocycles. The first-order chi connectivity index (χ1) is 5.38. The zero-order valence-corrected chi connectivity index (χ0v) is 12.5. The average Bonchev–Trinajstić information content (AvgIpc) is 2.55. The minimum atomic E-state index is -0.622. The Kier molecular flexibility index (Phi) is 3.12. The molecule has 0 fully saturated rings. The third-order valence-electron chi connectivity index (χ3n) is 1.21. The zero-order valence-electron chi connectivity index (χ0n) is 5.65. The minimum absolute atomic E-state index is 0.622. The average molecular weight is 406 g/mol. The van der Waals surface area contributed by atoms with E-state index in [4.69, 9.17) is 0 Å². The molecule has 1 unspecified atom stereocenters. The van der Waals surface area contributed by atoms with E-state index in [9.17, 15) is 0 Å². The third-order valence-corrected chi connectivity index (χ3v) is 17.8. The van der Waals surface area contributed by atoms with E-state index in [0.29, 0.717) is 15.0 Å². The molecule has 0 aromatic rings. The van der Waals surface area contributed by atoms with E-state index in [1.807, 2.05) is 6.74 Å². The van der Waals surface area contributed by atoms with Gasteiger partial charge in [0, 0.05) is 0 Å². The number of hydrogen-bond acceptors (Lipinski definition) is 0. The van der Waals surface area contributed by atoms with Gasteiger partial charge in [0.05, 0.1) is 0 Å². The fourth-order valence-corrected chi connectivity index (χ4v) is 17.0. The molecule has 4 heteroatoms. The van der Waals surface area contributed by atoms with Gasteiger partial charge in [0.1, 0.15) is 0 Å². The van der Waals surface area contributed by atoms with Crippen LogP contribution in [0, 0.1) is 0 Å². The van der Waals surface area contributed by atoms with E-state index in [1.165, 1.54) is 0 Å². The topological polar surface area (TPSA) is 0 Å². The molecule has 58 valence electrons. The van der Waals surface area contributed by atoms with Crippen LogP contribution in [0.2, 0.25) is 0 Å². The summed E-state index contributed by atoms with van der Waals surface area (Å²) in [6.07, 6.45) is 0. The summed E-state index contributed by atoms with van der Waals surface area (Å²) in [5, 5.41) is 0. The van der Waals surface area contributed by atoms with Crippen LogP contribution in [-0.4, -0.2) is 63.8 Å². The first kappa shape index (κ1) is 8.75.